The Bertz CT molecular complexity index is 755. The Labute approximate surface area is 150 Å². The van der Waals surface area contributed by atoms with Crippen molar-refractivity contribution in [1.29, 1.82) is 0 Å². The molecule has 0 bridgehead atoms. The highest BCUT2D eigenvalue weighted by molar-refractivity contribution is 6.31. The van der Waals surface area contributed by atoms with Gasteiger partial charge >= 0.3 is 0 Å². The molecule has 7 heteroatoms. The summed E-state index contributed by atoms with van der Waals surface area (Å²) in [6, 6.07) is 9.75. The molecule has 0 fully saturated rings. The van der Waals surface area contributed by atoms with Gasteiger partial charge in [0.05, 0.1) is 6.42 Å². The smallest absolute Gasteiger partial charge is 0.276 e. The number of hydrazine groups is 1. The van der Waals surface area contributed by atoms with Crippen molar-refractivity contribution in [3.05, 3.63) is 63.9 Å². The van der Waals surface area contributed by atoms with Crippen LogP contribution in [-0.2, 0) is 16.0 Å². The average Bonchev–Trinajstić information content (AvgIpc) is 2.53. The van der Waals surface area contributed by atoms with E-state index < -0.39 is 17.6 Å². The molecule has 0 atom stereocenters. The molecule has 25 heavy (non-hydrogen) atoms. The molecule has 0 saturated heterocycles. The van der Waals surface area contributed by atoms with Gasteiger partial charge in [-0.05, 0) is 49.2 Å². The minimum atomic E-state index is -0.591. The van der Waals surface area contributed by atoms with Crippen molar-refractivity contribution in [2.24, 2.45) is 0 Å². The van der Waals surface area contributed by atoms with Crippen molar-refractivity contribution < 1.29 is 18.7 Å². The Kier molecular flexibility index (Phi) is 6.36. The molecule has 0 aliphatic carbocycles. The highest BCUT2D eigenvalue weighted by Gasteiger charge is 2.12. The number of halogens is 2. The number of amides is 2. The van der Waals surface area contributed by atoms with Gasteiger partial charge in [0, 0.05) is 10.6 Å². The normalized spacial score (nSPS) is 10.2. The molecule has 2 amide bonds. The Morgan fingerprint density at radius 3 is 2.36 bits per heavy atom. The Balaban J connectivity index is 1.80. The van der Waals surface area contributed by atoms with E-state index in [0.717, 1.165) is 11.1 Å². The quantitative estimate of drug-likeness (QED) is 0.802. The first kappa shape index (κ1) is 18.7. The predicted molar refractivity (Wildman–Crippen MR) is 92.8 cm³/mol. The van der Waals surface area contributed by atoms with Crippen LogP contribution in [0.25, 0.3) is 0 Å². The number of carbonyl (C=O) groups is 2. The third-order valence-corrected chi connectivity index (χ3v) is 3.66. The fourth-order valence-corrected chi connectivity index (χ4v) is 2.48. The summed E-state index contributed by atoms with van der Waals surface area (Å²) in [5, 5.41) is 0.152. The number of ether oxygens (including phenoxy) is 1. The van der Waals surface area contributed by atoms with Crippen molar-refractivity contribution in [3.63, 3.8) is 0 Å². The first-order valence-corrected chi connectivity index (χ1v) is 7.94. The monoisotopic (exact) mass is 364 g/mol. The molecular weight excluding hydrogens is 347 g/mol. The van der Waals surface area contributed by atoms with Crippen LogP contribution in [0.2, 0.25) is 5.02 Å². The lowest BCUT2D eigenvalue weighted by Crippen LogP contribution is -2.44. The van der Waals surface area contributed by atoms with Crippen molar-refractivity contribution in [1.82, 2.24) is 10.9 Å². The summed E-state index contributed by atoms with van der Waals surface area (Å²) in [6.07, 6.45) is -0.288. The van der Waals surface area contributed by atoms with Gasteiger partial charge in [0.15, 0.2) is 6.61 Å². The first-order valence-electron chi connectivity index (χ1n) is 7.57. The molecule has 5 nitrogen and oxygen atoms in total. The highest BCUT2D eigenvalue weighted by atomic mass is 35.5. The molecule has 0 aliphatic heterocycles. The second-order valence-corrected chi connectivity index (χ2v) is 5.99. The zero-order valence-corrected chi connectivity index (χ0v) is 14.6. The van der Waals surface area contributed by atoms with E-state index >= 15 is 0 Å². The molecule has 2 N–H and O–H groups in total. The van der Waals surface area contributed by atoms with Crippen LogP contribution >= 0.6 is 11.6 Å². The molecule has 2 rings (SSSR count). The molecule has 0 aromatic heterocycles. The molecule has 0 spiro atoms. The van der Waals surface area contributed by atoms with Gasteiger partial charge in [0.25, 0.3) is 5.91 Å². The lowest BCUT2D eigenvalue weighted by atomic mass is 10.1. The van der Waals surface area contributed by atoms with Crippen LogP contribution in [0, 0.1) is 19.7 Å². The molecule has 0 radical (unpaired) electrons. The van der Waals surface area contributed by atoms with Gasteiger partial charge in [0.2, 0.25) is 5.91 Å². The number of nitrogens with one attached hydrogen (secondary N) is 2. The zero-order valence-electron chi connectivity index (χ0n) is 13.9. The Morgan fingerprint density at radius 1 is 1.08 bits per heavy atom. The third-order valence-electron chi connectivity index (χ3n) is 3.31. The van der Waals surface area contributed by atoms with Crippen molar-refractivity contribution >= 4 is 23.4 Å². The van der Waals surface area contributed by atoms with Gasteiger partial charge in [-0.15, -0.1) is 0 Å². The van der Waals surface area contributed by atoms with E-state index in [9.17, 15) is 14.0 Å². The zero-order chi connectivity index (χ0) is 18.4. The van der Waals surface area contributed by atoms with Gasteiger partial charge in [-0.3, -0.25) is 20.4 Å². The summed E-state index contributed by atoms with van der Waals surface area (Å²) >= 11 is 5.85. The minimum Gasteiger partial charge on any atom is -0.484 e. The van der Waals surface area contributed by atoms with Gasteiger partial charge < -0.3 is 4.74 Å². The van der Waals surface area contributed by atoms with Crippen molar-refractivity contribution in [2.45, 2.75) is 20.3 Å². The van der Waals surface area contributed by atoms with Crippen LogP contribution in [0.4, 0.5) is 4.39 Å². The number of hydrogen-bond acceptors (Lipinski definition) is 3. The Hall–Kier alpha value is -2.60. The SMILES string of the molecule is Cc1cc(C)cc(OCC(=O)NNC(=O)Cc2c(F)cccc2Cl)c1. The van der Waals surface area contributed by atoms with E-state index in [-0.39, 0.29) is 23.6 Å². The van der Waals surface area contributed by atoms with Crippen LogP contribution in [0.1, 0.15) is 16.7 Å². The lowest BCUT2D eigenvalue weighted by molar-refractivity contribution is -0.129. The van der Waals surface area contributed by atoms with E-state index in [1.165, 1.54) is 18.2 Å². The topological polar surface area (TPSA) is 67.4 Å². The van der Waals surface area contributed by atoms with E-state index in [4.69, 9.17) is 16.3 Å². The van der Waals surface area contributed by atoms with E-state index in [1.54, 1.807) is 12.1 Å². The van der Waals surface area contributed by atoms with Gasteiger partial charge in [-0.1, -0.05) is 23.7 Å². The molecule has 0 unspecified atom stereocenters. The second-order valence-electron chi connectivity index (χ2n) is 5.59. The number of carbonyl (C=O) groups excluding carboxylic acids is 2. The first-order chi connectivity index (χ1) is 11.8. The molecule has 2 aromatic rings. The summed E-state index contributed by atoms with van der Waals surface area (Å²) in [6.45, 7) is 3.59. The average molecular weight is 365 g/mol. The predicted octanol–water partition coefficient (Wildman–Crippen LogP) is 2.86. The van der Waals surface area contributed by atoms with Crippen molar-refractivity contribution in [3.8, 4) is 5.75 Å². The maximum absolute atomic E-state index is 13.6. The standard InChI is InChI=1S/C18H18ClFN2O3/c1-11-6-12(2)8-13(7-11)25-10-18(24)22-21-17(23)9-14-15(19)4-3-5-16(14)20/h3-8H,9-10H2,1-2H3,(H,21,23)(H,22,24). The summed E-state index contributed by atoms with van der Waals surface area (Å²) in [5.74, 6) is -1.14. The van der Waals surface area contributed by atoms with Crippen LogP contribution in [0.5, 0.6) is 5.75 Å². The minimum absolute atomic E-state index is 0.0717. The fourth-order valence-electron chi connectivity index (χ4n) is 2.25. The maximum Gasteiger partial charge on any atom is 0.276 e. The van der Waals surface area contributed by atoms with Gasteiger partial charge in [-0.25, -0.2) is 4.39 Å². The number of rotatable bonds is 5. The van der Waals surface area contributed by atoms with Crippen LogP contribution in [0.3, 0.4) is 0 Å². The summed E-state index contributed by atoms with van der Waals surface area (Å²) in [4.78, 5) is 23.5. The number of aryl methyl sites for hydroxylation is 2. The maximum atomic E-state index is 13.6. The van der Waals surface area contributed by atoms with E-state index in [0.29, 0.717) is 5.75 Å². The summed E-state index contributed by atoms with van der Waals surface area (Å²) in [7, 11) is 0. The Morgan fingerprint density at radius 2 is 1.72 bits per heavy atom. The summed E-state index contributed by atoms with van der Waals surface area (Å²) in [5.41, 5.74) is 6.52. The van der Waals surface area contributed by atoms with Gasteiger partial charge in [0.1, 0.15) is 11.6 Å². The molecule has 132 valence electrons. The lowest BCUT2D eigenvalue weighted by Gasteiger charge is -2.10. The largest absolute Gasteiger partial charge is 0.484 e. The third kappa shape index (κ3) is 5.76. The molecular formula is C18H18ClFN2O3. The van der Waals surface area contributed by atoms with Crippen LogP contribution in [0.15, 0.2) is 36.4 Å². The van der Waals surface area contributed by atoms with Crippen LogP contribution in [-0.4, -0.2) is 18.4 Å². The fraction of sp³-hybridized carbons (Fsp3) is 0.222. The highest BCUT2D eigenvalue weighted by Crippen LogP contribution is 2.19. The molecule has 0 aliphatic rings. The molecule has 2 aromatic carbocycles. The molecule has 0 heterocycles. The van der Waals surface area contributed by atoms with Crippen LogP contribution < -0.4 is 15.6 Å². The van der Waals surface area contributed by atoms with Crippen molar-refractivity contribution in [2.75, 3.05) is 6.61 Å². The molecule has 0 saturated carbocycles. The second kappa shape index (κ2) is 8.48. The number of benzene rings is 2. The van der Waals surface area contributed by atoms with Gasteiger partial charge in [-0.2, -0.15) is 0 Å². The number of hydrogen-bond donors (Lipinski definition) is 2. The van der Waals surface area contributed by atoms with E-state index in [2.05, 4.69) is 10.9 Å². The van der Waals surface area contributed by atoms with E-state index in [1.807, 2.05) is 19.9 Å². The summed E-state index contributed by atoms with van der Waals surface area (Å²) < 4.78 is 19.0.